The van der Waals surface area contributed by atoms with Crippen molar-refractivity contribution in [3.05, 3.63) is 70.8 Å². The Bertz CT molecular complexity index is 699. The van der Waals surface area contributed by atoms with Gasteiger partial charge in [-0.25, -0.2) is 0 Å². The van der Waals surface area contributed by atoms with E-state index in [9.17, 15) is 4.79 Å². The summed E-state index contributed by atoms with van der Waals surface area (Å²) in [5.41, 5.74) is 10.3. The molecule has 2 N–H and O–H groups in total. The van der Waals surface area contributed by atoms with Crippen molar-refractivity contribution >= 4 is 18.3 Å². The average molecular weight is 359 g/mol. The van der Waals surface area contributed by atoms with Crippen molar-refractivity contribution in [3.63, 3.8) is 0 Å². The Labute approximate surface area is 156 Å². The van der Waals surface area contributed by atoms with Crippen molar-refractivity contribution in [1.82, 2.24) is 4.90 Å². The molecule has 3 rings (SSSR count). The molecule has 0 aliphatic heterocycles. The molecule has 3 nitrogen and oxygen atoms in total. The molecule has 0 heterocycles. The summed E-state index contributed by atoms with van der Waals surface area (Å²) in [7, 11) is 0. The highest BCUT2D eigenvalue weighted by molar-refractivity contribution is 5.94. The van der Waals surface area contributed by atoms with Crippen molar-refractivity contribution in [1.29, 1.82) is 0 Å². The van der Waals surface area contributed by atoms with E-state index in [0.29, 0.717) is 12.6 Å². The lowest BCUT2D eigenvalue weighted by molar-refractivity contribution is 0.0661. The minimum absolute atomic E-state index is 0. The van der Waals surface area contributed by atoms with Crippen molar-refractivity contribution in [3.8, 4) is 0 Å². The van der Waals surface area contributed by atoms with Gasteiger partial charge in [-0.3, -0.25) is 4.79 Å². The molecule has 1 unspecified atom stereocenters. The molecular formula is C21H27ClN2O. The number of aryl methyl sites for hydroxylation is 1. The van der Waals surface area contributed by atoms with Gasteiger partial charge in [0, 0.05) is 24.7 Å². The van der Waals surface area contributed by atoms with E-state index in [4.69, 9.17) is 5.73 Å². The molecule has 0 spiro atoms. The van der Waals surface area contributed by atoms with Gasteiger partial charge in [0.05, 0.1) is 0 Å². The molecular weight excluding hydrogens is 332 g/mol. The standard InChI is InChI=1S/C21H26N2O.ClH/c1-2-13-23(21(24)18-9-7-16(15-22)8-10-18)20-12-11-17-5-3-4-6-19(17)14-20;/h3-10,20H,2,11-15,22H2,1H3;1H. The number of fused-ring (bicyclic) bond motifs is 1. The minimum atomic E-state index is 0. The lowest BCUT2D eigenvalue weighted by atomic mass is 9.87. The van der Waals surface area contributed by atoms with Crippen molar-refractivity contribution in [2.24, 2.45) is 5.73 Å². The maximum absolute atomic E-state index is 13.0. The van der Waals surface area contributed by atoms with E-state index in [0.717, 1.165) is 43.4 Å². The summed E-state index contributed by atoms with van der Waals surface area (Å²) in [4.78, 5) is 15.1. The SMILES string of the molecule is CCCN(C(=O)c1ccc(CN)cc1)C1CCc2ccccc2C1.Cl. The Balaban J connectivity index is 0.00000225. The number of carbonyl (C=O) groups is 1. The first-order chi connectivity index (χ1) is 11.7. The summed E-state index contributed by atoms with van der Waals surface area (Å²) in [6.45, 7) is 3.45. The highest BCUT2D eigenvalue weighted by Crippen LogP contribution is 2.25. The van der Waals surface area contributed by atoms with Crippen LogP contribution in [0.1, 0.15) is 46.8 Å². The summed E-state index contributed by atoms with van der Waals surface area (Å²) in [6.07, 6.45) is 4.04. The Morgan fingerprint density at radius 2 is 1.80 bits per heavy atom. The molecule has 0 aromatic heterocycles. The van der Waals surface area contributed by atoms with E-state index in [-0.39, 0.29) is 18.3 Å². The van der Waals surface area contributed by atoms with E-state index >= 15 is 0 Å². The molecule has 2 aromatic carbocycles. The molecule has 25 heavy (non-hydrogen) atoms. The van der Waals surface area contributed by atoms with E-state index in [2.05, 4.69) is 36.1 Å². The summed E-state index contributed by atoms with van der Waals surface area (Å²) in [5, 5.41) is 0. The molecule has 2 aromatic rings. The fourth-order valence-corrected chi connectivity index (χ4v) is 3.58. The third kappa shape index (κ3) is 4.42. The Morgan fingerprint density at radius 1 is 1.12 bits per heavy atom. The molecule has 0 bridgehead atoms. The summed E-state index contributed by atoms with van der Waals surface area (Å²) in [5.74, 6) is 0.143. The second-order valence-corrected chi connectivity index (χ2v) is 6.56. The maximum atomic E-state index is 13.0. The molecule has 134 valence electrons. The Kier molecular flexibility index (Phi) is 7.03. The average Bonchev–Trinajstić information content (AvgIpc) is 2.65. The fourth-order valence-electron chi connectivity index (χ4n) is 3.58. The fraction of sp³-hybridized carbons (Fsp3) is 0.381. The smallest absolute Gasteiger partial charge is 0.254 e. The van der Waals surface area contributed by atoms with Gasteiger partial charge in [0.15, 0.2) is 0 Å². The second kappa shape index (κ2) is 9.02. The van der Waals surface area contributed by atoms with Gasteiger partial charge in [-0.15, -0.1) is 12.4 Å². The molecule has 1 atom stereocenters. The first kappa shape index (κ1) is 19.5. The zero-order chi connectivity index (χ0) is 16.9. The van der Waals surface area contributed by atoms with Crippen molar-refractivity contribution < 1.29 is 4.79 Å². The topological polar surface area (TPSA) is 46.3 Å². The third-order valence-corrected chi connectivity index (χ3v) is 4.92. The van der Waals surface area contributed by atoms with Gasteiger partial charge < -0.3 is 10.6 Å². The Morgan fingerprint density at radius 3 is 2.44 bits per heavy atom. The van der Waals surface area contributed by atoms with E-state index in [1.54, 1.807) is 0 Å². The lowest BCUT2D eigenvalue weighted by Gasteiger charge is -2.35. The number of amides is 1. The number of nitrogens with two attached hydrogens (primary N) is 1. The monoisotopic (exact) mass is 358 g/mol. The van der Waals surface area contributed by atoms with Crippen LogP contribution < -0.4 is 5.73 Å². The first-order valence-electron chi connectivity index (χ1n) is 8.89. The molecule has 0 fully saturated rings. The number of halogens is 1. The van der Waals surface area contributed by atoms with Crippen LogP contribution in [0.2, 0.25) is 0 Å². The zero-order valence-electron chi connectivity index (χ0n) is 14.8. The second-order valence-electron chi connectivity index (χ2n) is 6.56. The van der Waals surface area contributed by atoms with Crippen LogP contribution >= 0.6 is 12.4 Å². The molecule has 1 aliphatic carbocycles. The Hall–Kier alpha value is -1.84. The van der Waals surface area contributed by atoms with Gasteiger partial charge in [-0.1, -0.05) is 43.3 Å². The lowest BCUT2D eigenvalue weighted by Crippen LogP contribution is -2.43. The minimum Gasteiger partial charge on any atom is -0.335 e. The first-order valence-corrected chi connectivity index (χ1v) is 8.89. The van der Waals surface area contributed by atoms with Crippen LogP contribution in [-0.2, 0) is 19.4 Å². The predicted octanol–water partition coefficient (Wildman–Crippen LogP) is 3.98. The van der Waals surface area contributed by atoms with Gasteiger partial charge in [-0.2, -0.15) is 0 Å². The van der Waals surface area contributed by atoms with Gasteiger partial charge in [0.25, 0.3) is 5.91 Å². The zero-order valence-corrected chi connectivity index (χ0v) is 15.6. The van der Waals surface area contributed by atoms with Crippen LogP contribution in [-0.4, -0.2) is 23.4 Å². The van der Waals surface area contributed by atoms with Crippen LogP contribution in [0.15, 0.2) is 48.5 Å². The maximum Gasteiger partial charge on any atom is 0.254 e. The molecule has 0 radical (unpaired) electrons. The van der Waals surface area contributed by atoms with Gasteiger partial charge in [0.2, 0.25) is 0 Å². The van der Waals surface area contributed by atoms with Crippen LogP contribution in [0, 0.1) is 0 Å². The highest BCUT2D eigenvalue weighted by atomic mass is 35.5. The highest BCUT2D eigenvalue weighted by Gasteiger charge is 2.27. The van der Waals surface area contributed by atoms with Gasteiger partial charge in [-0.05, 0) is 54.5 Å². The molecule has 4 heteroatoms. The van der Waals surface area contributed by atoms with E-state index in [1.165, 1.54) is 11.1 Å². The van der Waals surface area contributed by atoms with Crippen LogP contribution in [0.5, 0.6) is 0 Å². The quantitative estimate of drug-likeness (QED) is 0.878. The van der Waals surface area contributed by atoms with Crippen LogP contribution in [0.3, 0.4) is 0 Å². The number of benzene rings is 2. The van der Waals surface area contributed by atoms with Crippen molar-refractivity contribution in [2.45, 2.75) is 45.2 Å². The summed E-state index contributed by atoms with van der Waals surface area (Å²) >= 11 is 0. The van der Waals surface area contributed by atoms with E-state index in [1.807, 2.05) is 24.3 Å². The summed E-state index contributed by atoms with van der Waals surface area (Å²) < 4.78 is 0. The number of hydrogen-bond acceptors (Lipinski definition) is 2. The van der Waals surface area contributed by atoms with E-state index < -0.39 is 0 Å². The molecule has 1 aliphatic rings. The summed E-state index contributed by atoms with van der Waals surface area (Å²) in [6, 6.07) is 16.6. The normalized spacial score (nSPS) is 15.8. The molecule has 0 saturated carbocycles. The molecule has 0 saturated heterocycles. The van der Waals surface area contributed by atoms with Gasteiger partial charge in [0.1, 0.15) is 0 Å². The van der Waals surface area contributed by atoms with Crippen LogP contribution in [0.25, 0.3) is 0 Å². The predicted molar refractivity (Wildman–Crippen MR) is 105 cm³/mol. The largest absolute Gasteiger partial charge is 0.335 e. The number of rotatable bonds is 5. The third-order valence-electron chi connectivity index (χ3n) is 4.92. The van der Waals surface area contributed by atoms with Gasteiger partial charge >= 0.3 is 0 Å². The van der Waals surface area contributed by atoms with Crippen LogP contribution in [0.4, 0.5) is 0 Å². The van der Waals surface area contributed by atoms with Crippen molar-refractivity contribution in [2.75, 3.05) is 6.54 Å². The number of nitrogens with zero attached hydrogens (tertiary/aromatic N) is 1. The molecule has 1 amide bonds. The number of carbonyl (C=O) groups excluding carboxylic acids is 1. The number of hydrogen-bond donors (Lipinski definition) is 1.